The van der Waals surface area contributed by atoms with E-state index in [2.05, 4.69) is 37.3 Å². The average molecular weight is 289 g/mol. The lowest BCUT2D eigenvalue weighted by Crippen LogP contribution is -2.26. The summed E-state index contributed by atoms with van der Waals surface area (Å²) in [7, 11) is 3.87. The first-order chi connectivity index (χ1) is 10.3. The summed E-state index contributed by atoms with van der Waals surface area (Å²) >= 11 is 0. The van der Waals surface area contributed by atoms with Crippen LogP contribution in [0.25, 0.3) is 5.95 Å². The van der Waals surface area contributed by atoms with E-state index in [-0.39, 0.29) is 0 Å². The van der Waals surface area contributed by atoms with Gasteiger partial charge in [-0.15, -0.1) is 0 Å². The van der Waals surface area contributed by atoms with Gasteiger partial charge in [-0.25, -0.2) is 4.68 Å². The van der Waals surface area contributed by atoms with Gasteiger partial charge in [-0.3, -0.25) is 0 Å². The molecule has 8 heteroatoms. The molecular weight excluding hydrogens is 270 g/mol. The molecule has 112 valence electrons. The molecule has 0 unspecified atom stereocenters. The van der Waals surface area contributed by atoms with Crippen molar-refractivity contribution in [3.8, 4) is 12.0 Å². The maximum absolute atomic E-state index is 5.65. The molecule has 21 heavy (non-hydrogen) atoms. The van der Waals surface area contributed by atoms with Gasteiger partial charge in [0.05, 0.1) is 0 Å². The summed E-state index contributed by atoms with van der Waals surface area (Å²) in [6.45, 7) is 1.42. The Balaban J connectivity index is 1.67. The first kappa shape index (κ1) is 13.7. The van der Waals surface area contributed by atoms with Gasteiger partial charge in [-0.05, 0) is 26.0 Å². The second kappa shape index (κ2) is 6.04. The van der Waals surface area contributed by atoms with Crippen molar-refractivity contribution in [2.45, 2.75) is 18.9 Å². The van der Waals surface area contributed by atoms with Crippen LogP contribution in [0.2, 0.25) is 0 Å². The molecule has 1 aliphatic carbocycles. The summed E-state index contributed by atoms with van der Waals surface area (Å²) in [5.41, 5.74) is 0. The standard InChI is InChI=1S/C13H19N7O/c1-14-11-16-12(20-7-3-6-15-20)18-13(17-11)21-9-8-19(2)10-4-5-10/h3,6-7,10H,4-5,8-9H2,1-2H3,(H,14,16,17,18). The largest absolute Gasteiger partial charge is 0.462 e. The number of ether oxygens (including phenoxy) is 1. The SMILES string of the molecule is CNc1nc(OCCN(C)C2CC2)nc(-n2cccn2)n1. The summed E-state index contributed by atoms with van der Waals surface area (Å²) in [6, 6.07) is 2.84. The third-order valence-electron chi connectivity index (χ3n) is 3.38. The molecule has 0 aromatic carbocycles. The van der Waals surface area contributed by atoms with Gasteiger partial charge in [-0.1, -0.05) is 0 Å². The molecule has 0 amide bonds. The van der Waals surface area contributed by atoms with E-state index in [9.17, 15) is 0 Å². The van der Waals surface area contributed by atoms with E-state index in [1.54, 1.807) is 24.1 Å². The van der Waals surface area contributed by atoms with E-state index in [1.807, 2.05) is 6.07 Å². The minimum absolute atomic E-state index is 0.309. The normalized spacial score (nSPS) is 14.4. The molecule has 1 N–H and O–H groups in total. The highest BCUT2D eigenvalue weighted by Gasteiger charge is 2.25. The van der Waals surface area contributed by atoms with Crippen LogP contribution in [0.15, 0.2) is 18.5 Å². The van der Waals surface area contributed by atoms with Crippen LogP contribution in [0.3, 0.4) is 0 Å². The van der Waals surface area contributed by atoms with Crippen molar-refractivity contribution in [1.29, 1.82) is 0 Å². The summed E-state index contributed by atoms with van der Waals surface area (Å²) in [4.78, 5) is 15.0. The number of nitrogens with zero attached hydrogens (tertiary/aromatic N) is 6. The lowest BCUT2D eigenvalue weighted by Gasteiger charge is -2.15. The number of nitrogens with one attached hydrogen (secondary N) is 1. The van der Waals surface area contributed by atoms with Crippen molar-refractivity contribution in [3.63, 3.8) is 0 Å². The maximum Gasteiger partial charge on any atom is 0.323 e. The van der Waals surface area contributed by atoms with Crippen molar-refractivity contribution >= 4 is 5.95 Å². The maximum atomic E-state index is 5.65. The second-order valence-corrected chi connectivity index (χ2v) is 5.00. The Labute approximate surface area is 123 Å². The summed E-state index contributed by atoms with van der Waals surface area (Å²) in [6.07, 6.45) is 6.03. The van der Waals surface area contributed by atoms with Gasteiger partial charge in [0, 0.05) is 32.0 Å². The molecule has 3 rings (SSSR count). The van der Waals surface area contributed by atoms with Gasteiger partial charge in [-0.2, -0.15) is 20.1 Å². The number of hydrogen-bond acceptors (Lipinski definition) is 7. The second-order valence-electron chi connectivity index (χ2n) is 5.00. The van der Waals surface area contributed by atoms with Crippen LogP contribution in [0.1, 0.15) is 12.8 Å². The Hall–Kier alpha value is -2.22. The van der Waals surface area contributed by atoms with Crippen molar-refractivity contribution in [1.82, 2.24) is 29.6 Å². The minimum Gasteiger partial charge on any atom is -0.462 e. The average Bonchev–Trinajstić information content (AvgIpc) is 3.21. The van der Waals surface area contributed by atoms with E-state index < -0.39 is 0 Å². The molecule has 1 fully saturated rings. The molecule has 1 aliphatic rings. The van der Waals surface area contributed by atoms with Gasteiger partial charge in [0.1, 0.15) is 6.61 Å². The monoisotopic (exact) mass is 289 g/mol. The Morgan fingerprint density at radius 1 is 1.38 bits per heavy atom. The number of aromatic nitrogens is 5. The molecule has 0 saturated heterocycles. The van der Waals surface area contributed by atoms with Crippen LogP contribution in [0.4, 0.5) is 5.95 Å². The zero-order valence-corrected chi connectivity index (χ0v) is 12.2. The van der Waals surface area contributed by atoms with Crippen molar-refractivity contribution in [3.05, 3.63) is 18.5 Å². The molecule has 0 aliphatic heterocycles. The van der Waals surface area contributed by atoms with Crippen molar-refractivity contribution in [2.75, 3.05) is 32.6 Å². The first-order valence-corrected chi connectivity index (χ1v) is 7.03. The minimum atomic E-state index is 0.309. The fourth-order valence-electron chi connectivity index (χ4n) is 1.99. The Morgan fingerprint density at radius 2 is 2.24 bits per heavy atom. The molecule has 2 heterocycles. The molecule has 0 bridgehead atoms. The van der Waals surface area contributed by atoms with Crippen molar-refractivity contribution < 1.29 is 4.74 Å². The van der Waals surface area contributed by atoms with E-state index in [0.717, 1.165) is 12.6 Å². The van der Waals surface area contributed by atoms with Crippen LogP contribution >= 0.6 is 0 Å². The Bertz CT molecular complexity index is 582. The lowest BCUT2D eigenvalue weighted by atomic mass is 10.5. The molecular formula is C13H19N7O. The third kappa shape index (κ3) is 3.46. The molecule has 0 radical (unpaired) electrons. The summed E-state index contributed by atoms with van der Waals surface area (Å²) in [5, 5.41) is 7.02. The molecule has 0 spiro atoms. The number of likely N-dealkylation sites (N-methyl/N-ethyl adjacent to an activating group) is 1. The molecule has 1 saturated carbocycles. The van der Waals surface area contributed by atoms with Crippen LogP contribution in [0.5, 0.6) is 6.01 Å². The van der Waals surface area contributed by atoms with E-state index in [0.29, 0.717) is 24.5 Å². The fourth-order valence-corrected chi connectivity index (χ4v) is 1.99. The van der Waals surface area contributed by atoms with Gasteiger partial charge >= 0.3 is 6.01 Å². The van der Waals surface area contributed by atoms with Crippen LogP contribution in [-0.2, 0) is 0 Å². The Kier molecular flexibility index (Phi) is 3.96. The number of anilines is 1. The molecule has 2 aromatic rings. The summed E-state index contributed by atoms with van der Waals surface area (Å²) < 4.78 is 7.23. The zero-order valence-electron chi connectivity index (χ0n) is 12.2. The molecule has 8 nitrogen and oxygen atoms in total. The number of rotatable bonds is 7. The van der Waals surface area contributed by atoms with Crippen LogP contribution in [0, 0.1) is 0 Å². The van der Waals surface area contributed by atoms with Crippen molar-refractivity contribution in [2.24, 2.45) is 0 Å². The Morgan fingerprint density at radius 3 is 2.90 bits per heavy atom. The van der Waals surface area contributed by atoms with E-state index in [1.165, 1.54) is 12.8 Å². The highest BCUT2D eigenvalue weighted by Crippen LogP contribution is 2.24. The first-order valence-electron chi connectivity index (χ1n) is 7.03. The predicted octanol–water partition coefficient (Wildman–Crippen LogP) is 0.572. The predicted molar refractivity (Wildman–Crippen MR) is 77.6 cm³/mol. The zero-order chi connectivity index (χ0) is 14.7. The molecule has 2 aromatic heterocycles. The quantitative estimate of drug-likeness (QED) is 0.798. The van der Waals surface area contributed by atoms with Crippen LogP contribution in [-0.4, -0.2) is 62.9 Å². The lowest BCUT2D eigenvalue weighted by molar-refractivity contribution is 0.220. The number of hydrogen-bond donors (Lipinski definition) is 1. The van der Waals surface area contributed by atoms with Gasteiger partial charge in [0.25, 0.3) is 5.95 Å². The fraction of sp³-hybridized carbons (Fsp3) is 0.538. The molecule has 0 atom stereocenters. The topological polar surface area (TPSA) is 81.0 Å². The van der Waals surface area contributed by atoms with E-state index in [4.69, 9.17) is 4.74 Å². The van der Waals surface area contributed by atoms with E-state index >= 15 is 0 Å². The smallest absolute Gasteiger partial charge is 0.323 e. The van der Waals surface area contributed by atoms with Crippen LogP contribution < -0.4 is 10.1 Å². The highest BCUT2D eigenvalue weighted by molar-refractivity contribution is 5.28. The third-order valence-corrected chi connectivity index (χ3v) is 3.38. The van der Waals surface area contributed by atoms with Gasteiger partial charge in [0.15, 0.2) is 0 Å². The highest BCUT2D eigenvalue weighted by atomic mass is 16.5. The van der Waals surface area contributed by atoms with Gasteiger partial charge in [0.2, 0.25) is 5.95 Å². The van der Waals surface area contributed by atoms with Gasteiger partial charge < -0.3 is 15.0 Å². The summed E-state index contributed by atoms with van der Waals surface area (Å²) in [5.74, 6) is 0.894.